The van der Waals surface area contributed by atoms with E-state index in [-0.39, 0.29) is 17.1 Å². The highest BCUT2D eigenvalue weighted by Crippen LogP contribution is 2.43. The fraction of sp³-hybridized carbons (Fsp3) is 0.120. The maximum Gasteiger partial charge on any atom is 0.300 e. The van der Waals surface area contributed by atoms with Crippen molar-refractivity contribution < 1.29 is 23.8 Å². The van der Waals surface area contributed by atoms with E-state index in [0.717, 1.165) is 10.0 Å². The van der Waals surface area contributed by atoms with Gasteiger partial charge in [-0.25, -0.2) is 4.39 Å². The number of methoxy groups -OCH3 is 1. The lowest BCUT2D eigenvalue weighted by Gasteiger charge is -2.26. The molecule has 1 aliphatic heterocycles. The average Bonchev–Trinajstić information content (AvgIpc) is 3.06. The summed E-state index contributed by atoms with van der Waals surface area (Å²) >= 11 is 9.41. The molecular weight excluding hydrogens is 513 g/mol. The van der Waals surface area contributed by atoms with E-state index < -0.39 is 23.5 Å². The van der Waals surface area contributed by atoms with E-state index in [9.17, 15) is 19.1 Å². The molecule has 8 heteroatoms. The summed E-state index contributed by atoms with van der Waals surface area (Å²) in [7, 11) is 1.32. The lowest BCUT2D eigenvalue weighted by Crippen LogP contribution is -2.29. The Balaban J connectivity index is 1.98. The average molecular weight is 531 g/mol. The number of nitrogens with zero attached hydrogens (tertiary/aromatic N) is 1. The quantitative estimate of drug-likeness (QED) is 0.248. The monoisotopic (exact) mass is 529 g/mol. The third-order valence-corrected chi connectivity index (χ3v) is 6.59. The van der Waals surface area contributed by atoms with Gasteiger partial charge in [-0.1, -0.05) is 39.7 Å². The van der Waals surface area contributed by atoms with Crippen LogP contribution in [0, 0.1) is 12.7 Å². The standard InChI is InChI=1S/C25H18BrClFNO4/c1-13-3-9-17(12-18(13)26)29-22(15-6-10-19(28)20(11-15)33-2)21(24(31)25(29)32)23(30)14-4-7-16(27)8-5-14/h3-12,22,30H,1-2H3/b23-21+. The third-order valence-electron chi connectivity index (χ3n) is 5.49. The zero-order chi connectivity index (χ0) is 23.9. The van der Waals surface area contributed by atoms with E-state index in [1.807, 2.05) is 6.92 Å². The van der Waals surface area contributed by atoms with Gasteiger partial charge in [-0.15, -0.1) is 0 Å². The normalized spacial score (nSPS) is 17.5. The Morgan fingerprint density at radius 1 is 1.09 bits per heavy atom. The Bertz CT molecular complexity index is 1310. The van der Waals surface area contributed by atoms with Crippen molar-refractivity contribution in [3.63, 3.8) is 0 Å². The van der Waals surface area contributed by atoms with Crippen molar-refractivity contribution in [1.29, 1.82) is 0 Å². The SMILES string of the molecule is COc1cc(C2/C(=C(\O)c3ccc(Cl)cc3)C(=O)C(=O)N2c2ccc(C)c(Br)c2)ccc1F. The fourth-order valence-corrected chi connectivity index (χ4v) is 4.25. The molecule has 0 radical (unpaired) electrons. The van der Waals surface area contributed by atoms with Gasteiger partial charge in [0.1, 0.15) is 5.76 Å². The molecule has 0 aliphatic carbocycles. The lowest BCUT2D eigenvalue weighted by atomic mass is 9.95. The predicted molar refractivity (Wildman–Crippen MR) is 128 cm³/mol. The van der Waals surface area contributed by atoms with Crippen molar-refractivity contribution >= 4 is 50.7 Å². The Labute approximate surface area is 203 Å². The molecule has 33 heavy (non-hydrogen) atoms. The molecule has 0 spiro atoms. The highest BCUT2D eigenvalue weighted by Gasteiger charge is 2.47. The van der Waals surface area contributed by atoms with Crippen LogP contribution < -0.4 is 9.64 Å². The van der Waals surface area contributed by atoms with Gasteiger partial charge in [0.2, 0.25) is 0 Å². The third kappa shape index (κ3) is 4.14. The molecule has 1 N–H and O–H groups in total. The number of aryl methyl sites for hydroxylation is 1. The molecular formula is C25H18BrClFNO4. The molecule has 0 bridgehead atoms. The Morgan fingerprint density at radius 3 is 2.42 bits per heavy atom. The molecule has 1 amide bonds. The Hall–Kier alpha value is -3.16. The lowest BCUT2D eigenvalue weighted by molar-refractivity contribution is -0.132. The molecule has 1 saturated heterocycles. The molecule has 5 nitrogen and oxygen atoms in total. The first-order valence-electron chi connectivity index (χ1n) is 9.89. The van der Waals surface area contributed by atoms with Crippen molar-refractivity contribution in [2.24, 2.45) is 0 Å². The zero-order valence-corrected chi connectivity index (χ0v) is 19.9. The number of ketones is 1. The van der Waals surface area contributed by atoms with Gasteiger partial charge in [0.05, 0.1) is 18.7 Å². The number of hydrogen-bond donors (Lipinski definition) is 1. The molecule has 3 aromatic rings. The Morgan fingerprint density at radius 2 is 1.79 bits per heavy atom. The number of aliphatic hydroxyl groups is 1. The first-order chi connectivity index (χ1) is 15.7. The highest BCUT2D eigenvalue weighted by atomic mass is 79.9. The van der Waals surface area contributed by atoms with Gasteiger partial charge in [-0.2, -0.15) is 0 Å². The second-order valence-electron chi connectivity index (χ2n) is 7.50. The van der Waals surface area contributed by atoms with Gasteiger partial charge in [0.25, 0.3) is 11.7 Å². The van der Waals surface area contributed by atoms with Crippen molar-refractivity contribution in [2.75, 3.05) is 12.0 Å². The number of benzene rings is 3. The summed E-state index contributed by atoms with van der Waals surface area (Å²) in [5.74, 6) is -2.65. The number of Topliss-reactive ketones (excluding diaryl/α,β-unsaturated/α-hetero) is 1. The van der Waals surface area contributed by atoms with E-state index in [0.29, 0.717) is 21.8 Å². The van der Waals surface area contributed by atoms with E-state index >= 15 is 0 Å². The van der Waals surface area contributed by atoms with Crippen molar-refractivity contribution in [3.8, 4) is 5.75 Å². The molecule has 168 valence electrons. The summed E-state index contributed by atoms with van der Waals surface area (Å²) in [6, 6.07) is 14.5. The summed E-state index contributed by atoms with van der Waals surface area (Å²) in [6.07, 6.45) is 0. The number of hydrogen-bond acceptors (Lipinski definition) is 4. The Kier molecular flexibility index (Phi) is 6.28. The van der Waals surface area contributed by atoms with Crippen molar-refractivity contribution in [1.82, 2.24) is 0 Å². The van der Waals surface area contributed by atoms with Crippen molar-refractivity contribution in [2.45, 2.75) is 13.0 Å². The number of ether oxygens (including phenoxy) is 1. The fourth-order valence-electron chi connectivity index (χ4n) is 3.76. The molecule has 4 rings (SSSR count). The highest BCUT2D eigenvalue weighted by molar-refractivity contribution is 9.10. The van der Waals surface area contributed by atoms with Crippen LogP contribution in [0.2, 0.25) is 5.02 Å². The van der Waals surface area contributed by atoms with E-state index in [1.165, 1.54) is 30.2 Å². The van der Waals surface area contributed by atoms with Crippen LogP contribution in [0.5, 0.6) is 5.75 Å². The molecule has 1 heterocycles. The minimum atomic E-state index is -1.01. The van der Waals surface area contributed by atoms with Gasteiger partial charge in [-0.05, 0) is 66.6 Å². The summed E-state index contributed by atoms with van der Waals surface area (Å²) in [4.78, 5) is 27.7. The minimum absolute atomic E-state index is 0.0466. The first kappa shape index (κ1) is 23.0. The molecule has 1 atom stereocenters. The number of aliphatic hydroxyl groups excluding tert-OH is 1. The largest absolute Gasteiger partial charge is 0.507 e. The second-order valence-corrected chi connectivity index (χ2v) is 8.79. The topological polar surface area (TPSA) is 66.8 Å². The number of amides is 1. The van der Waals surface area contributed by atoms with Gasteiger partial charge in [0, 0.05) is 20.7 Å². The number of carbonyl (C=O) groups is 2. The van der Waals surface area contributed by atoms with E-state index in [2.05, 4.69) is 15.9 Å². The first-order valence-corrected chi connectivity index (χ1v) is 11.1. The molecule has 3 aromatic carbocycles. The van der Waals surface area contributed by atoms with E-state index in [1.54, 1.807) is 42.5 Å². The second kappa shape index (κ2) is 9.00. The molecule has 1 unspecified atom stereocenters. The molecule has 0 aromatic heterocycles. The van der Waals surface area contributed by atoms with Crippen LogP contribution in [0.15, 0.2) is 70.7 Å². The van der Waals surface area contributed by atoms with Crippen LogP contribution in [-0.4, -0.2) is 23.9 Å². The van der Waals surface area contributed by atoms with Gasteiger partial charge >= 0.3 is 0 Å². The summed E-state index contributed by atoms with van der Waals surface area (Å²) in [5, 5.41) is 11.6. The predicted octanol–water partition coefficient (Wildman–Crippen LogP) is 6.18. The molecule has 1 aliphatic rings. The van der Waals surface area contributed by atoms with Crippen LogP contribution in [0.3, 0.4) is 0 Å². The maximum absolute atomic E-state index is 14.1. The van der Waals surface area contributed by atoms with Crippen LogP contribution in [-0.2, 0) is 9.59 Å². The number of anilines is 1. The smallest absolute Gasteiger partial charge is 0.300 e. The van der Waals surface area contributed by atoms with Gasteiger partial charge < -0.3 is 9.84 Å². The number of halogens is 3. The van der Waals surface area contributed by atoms with Gasteiger partial charge in [0.15, 0.2) is 11.6 Å². The van der Waals surface area contributed by atoms with Crippen LogP contribution in [0.4, 0.5) is 10.1 Å². The molecule has 0 saturated carbocycles. The molecule has 1 fully saturated rings. The maximum atomic E-state index is 14.1. The summed E-state index contributed by atoms with van der Waals surface area (Å²) in [6.45, 7) is 1.89. The minimum Gasteiger partial charge on any atom is -0.507 e. The summed E-state index contributed by atoms with van der Waals surface area (Å²) < 4.78 is 20.0. The van der Waals surface area contributed by atoms with E-state index in [4.69, 9.17) is 16.3 Å². The van der Waals surface area contributed by atoms with Crippen LogP contribution >= 0.6 is 27.5 Å². The van der Waals surface area contributed by atoms with Gasteiger partial charge in [-0.3, -0.25) is 14.5 Å². The number of rotatable bonds is 4. The number of carbonyl (C=O) groups excluding carboxylic acids is 2. The van der Waals surface area contributed by atoms with Crippen molar-refractivity contribution in [3.05, 3.63) is 98.2 Å². The zero-order valence-electron chi connectivity index (χ0n) is 17.6. The van der Waals surface area contributed by atoms with Crippen LogP contribution in [0.1, 0.15) is 22.7 Å². The summed E-state index contributed by atoms with van der Waals surface area (Å²) in [5.41, 5.74) is 1.99. The van der Waals surface area contributed by atoms with Crippen LogP contribution in [0.25, 0.3) is 5.76 Å².